The molecule has 0 spiro atoms. The maximum Gasteiger partial charge on any atom is 0.234 e. The van der Waals surface area contributed by atoms with E-state index >= 15 is 0 Å². The van der Waals surface area contributed by atoms with Crippen LogP contribution in [0.5, 0.6) is 0 Å². The van der Waals surface area contributed by atoms with E-state index in [0.717, 1.165) is 51.2 Å². The van der Waals surface area contributed by atoms with Crippen LogP contribution in [-0.4, -0.2) is 73.5 Å². The number of thiol groups is 2. The SMILES string of the molecule is CN(CCCCN(CCS)CC(=O)NCCS)CCc1ccccc1. The second-order valence-electron chi connectivity index (χ2n) is 6.32. The Morgan fingerprint density at radius 1 is 1.00 bits per heavy atom. The van der Waals surface area contributed by atoms with Gasteiger partial charge in [-0.3, -0.25) is 9.69 Å². The van der Waals surface area contributed by atoms with E-state index in [0.29, 0.717) is 18.8 Å². The molecule has 0 aliphatic carbocycles. The van der Waals surface area contributed by atoms with Crippen LogP contribution in [0.4, 0.5) is 0 Å². The number of carbonyl (C=O) groups is 1. The van der Waals surface area contributed by atoms with Crippen molar-refractivity contribution in [3.05, 3.63) is 35.9 Å². The third kappa shape index (κ3) is 11.5. The Bertz CT molecular complexity index is 459. The summed E-state index contributed by atoms with van der Waals surface area (Å²) in [6, 6.07) is 10.6. The van der Waals surface area contributed by atoms with Gasteiger partial charge in [0.2, 0.25) is 5.91 Å². The normalized spacial score (nSPS) is 11.2. The van der Waals surface area contributed by atoms with Gasteiger partial charge in [-0.25, -0.2) is 0 Å². The molecule has 0 saturated heterocycles. The number of hydrogen-bond donors (Lipinski definition) is 3. The molecule has 1 aromatic carbocycles. The zero-order valence-electron chi connectivity index (χ0n) is 15.4. The Balaban J connectivity index is 2.16. The summed E-state index contributed by atoms with van der Waals surface area (Å²) in [5.74, 6) is 1.53. The topological polar surface area (TPSA) is 35.6 Å². The summed E-state index contributed by atoms with van der Waals surface area (Å²) in [5.41, 5.74) is 1.39. The highest BCUT2D eigenvalue weighted by atomic mass is 32.1. The molecular formula is C19H33N3OS2. The minimum absolute atomic E-state index is 0.0795. The highest BCUT2D eigenvalue weighted by Gasteiger charge is 2.09. The lowest BCUT2D eigenvalue weighted by atomic mass is 10.1. The quantitative estimate of drug-likeness (QED) is 0.340. The molecule has 0 saturated carbocycles. The summed E-state index contributed by atoms with van der Waals surface area (Å²) < 4.78 is 0. The van der Waals surface area contributed by atoms with Crippen molar-refractivity contribution >= 4 is 31.2 Å². The van der Waals surface area contributed by atoms with Crippen molar-refractivity contribution in [2.75, 3.05) is 57.8 Å². The Kier molecular flexibility index (Phi) is 12.9. The third-order valence-electron chi connectivity index (χ3n) is 4.11. The standard InChI is InChI=1S/C19H33N3OS2/c1-21(13-9-18-7-3-2-4-8-18)11-5-6-12-22(14-16-25)17-19(23)20-10-15-24/h2-4,7-8,24-25H,5-6,9-17H2,1H3,(H,20,23). The van der Waals surface area contributed by atoms with Crippen LogP contribution in [0.15, 0.2) is 30.3 Å². The van der Waals surface area contributed by atoms with Crippen LogP contribution in [-0.2, 0) is 11.2 Å². The van der Waals surface area contributed by atoms with Crippen molar-refractivity contribution in [2.45, 2.75) is 19.3 Å². The first-order valence-electron chi connectivity index (χ1n) is 9.09. The molecule has 25 heavy (non-hydrogen) atoms. The lowest BCUT2D eigenvalue weighted by Crippen LogP contribution is -2.39. The van der Waals surface area contributed by atoms with Gasteiger partial charge in [-0.1, -0.05) is 30.3 Å². The van der Waals surface area contributed by atoms with Gasteiger partial charge in [0.05, 0.1) is 6.54 Å². The highest BCUT2D eigenvalue weighted by molar-refractivity contribution is 7.80. The van der Waals surface area contributed by atoms with Crippen molar-refractivity contribution in [1.29, 1.82) is 0 Å². The molecule has 0 unspecified atom stereocenters. The van der Waals surface area contributed by atoms with Gasteiger partial charge in [-0.15, -0.1) is 0 Å². The zero-order chi connectivity index (χ0) is 18.3. The number of nitrogens with one attached hydrogen (secondary N) is 1. The van der Waals surface area contributed by atoms with Gasteiger partial charge in [0, 0.05) is 31.1 Å². The van der Waals surface area contributed by atoms with Crippen LogP contribution < -0.4 is 5.32 Å². The van der Waals surface area contributed by atoms with Gasteiger partial charge in [-0.05, 0) is 45.0 Å². The molecule has 4 nitrogen and oxygen atoms in total. The highest BCUT2D eigenvalue weighted by Crippen LogP contribution is 2.02. The van der Waals surface area contributed by atoms with Gasteiger partial charge in [0.15, 0.2) is 0 Å². The van der Waals surface area contributed by atoms with Crippen molar-refractivity contribution in [1.82, 2.24) is 15.1 Å². The molecule has 0 fully saturated rings. The summed E-state index contributed by atoms with van der Waals surface area (Å²) in [6.45, 7) is 5.05. The van der Waals surface area contributed by atoms with E-state index in [1.165, 1.54) is 5.56 Å². The number of hydrogen-bond acceptors (Lipinski definition) is 5. The van der Waals surface area contributed by atoms with Crippen molar-refractivity contribution < 1.29 is 4.79 Å². The average Bonchev–Trinajstić information content (AvgIpc) is 2.62. The molecule has 1 N–H and O–H groups in total. The fraction of sp³-hybridized carbons (Fsp3) is 0.632. The molecule has 1 amide bonds. The molecule has 0 aliphatic rings. The van der Waals surface area contributed by atoms with Gasteiger partial charge in [-0.2, -0.15) is 25.3 Å². The van der Waals surface area contributed by atoms with Crippen LogP contribution >= 0.6 is 25.3 Å². The number of benzene rings is 1. The molecular weight excluding hydrogens is 350 g/mol. The van der Waals surface area contributed by atoms with Crippen LogP contribution in [0.1, 0.15) is 18.4 Å². The van der Waals surface area contributed by atoms with E-state index in [1.54, 1.807) is 0 Å². The second-order valence-corrected chi connectivity index (χ2v) is 7.21. The molecule has 6 heteroatoms. The first-order valence-corrected chi connectivity index (χ1v) is 10.4. The van der Waals surface area contributed by atoms with Crippen molar-refractivity contribution in [3.63, 3.8) is 0 Å². The minimum Gasteiger partial charge on any atom is -0.354 e. The molecule has 0 bridgehead atoms. The maximum atomic E-state index is 11.8. The molecule has 142 valence electrons. The molecule has 1 aromatic rings. The van der Waals surface area contributed by atoms with Crippen LogP contribution in [0.3, 0.4) is 0 Å². The van der Waals surface area contributed by atoms with Crippen LogP contribution in [0, 0.1) is 0 Å². The fourth-order valence-corrected chi connectivity index (χ4v) is 3.05. The molecule has 0 aromatic heterocycles. The van der Waals surface area contributed by atoms with E-state index < -0.39 is 0 Å². The Morgan fingerprint density at radius 3 is 2.40 bits per heavy atom. The number of likely N-dealkylation sites (N-methyl/N-ethyl adjacent to an activating group) is 1. The Labute approximate surface area is 164 Å². The van der Waals surface area contributed by atoms with Gasteiger partial charge in [0.1, 0.15) is 0 Å². The van der Waals surface area contributed by atoms with Crippen LogP contribution in [0.25, 0.3) is 0 Å². The second kappa shape index (κ2) is 14.5. The van der Waals surface area contributed by atoms with Crippen LogP contribution in [0.2, 0.25) is 0 Å². The first kappa shape index (κ1) is 22.4. The number of nitrogens with zero attached hydrogens (tertiary/aromatic N) is 2. The third-order valence-corrected chi connectivity index (χ3v) is 4.53. The molecule has 0 heterocycles. The smallest absolute Gasteiger partial charge is 0.234 e. The van der Waals surface area contributed by atoms with Gasteiger partial charge >= 0.3 is 0 Å². The summed E-state index contributed by atoms with van der Waals surface area (Å²) in [4.78, 5) is 16.4. The zero-order valence-corrected chi connectivity index (χ0v) is 17.2. The monoisotopic (exact) mass is 383 g/mol. The van der Waals surface area contributed by atoms with E-state index in [4.69, 9.17) is 0 Å². The lowest BCUT2D eigenvalue weighted by molar-refractivity contribution is -0.122. The molecule has 0 radical (unpaired) electrons. The van der Waals surface area contributed by atoms with E-state index in [1.807, 2.05) is 0 Å². The number of rotatable bonds is 14. The number of unbranched alkanes of at least 4 members (excludes halogenated alkanes) is 1. The van der Waals surface area contributed by atoms with Crippen molar-refractivity contribution in [3.8, 4) is 0 Å². The Hall–Kier alpha value is -0.690. The molecule has 1 rings (SSSR count). The summed E-state index contributed by atoms with van der Waals surface area (Å²) >= 11 is 8.41. The van der Waals surface area contributed by atoms with Gasteiger partial charge in [0.25, 0.3) is 0 Å². The summed E-state index contributed by atoms with van der Waals surface area (Å²) in [7, 11) is 2.18. The van der Waals surface area contributed by atoms with E-state index in [2.05, 4.69) is 77.8 Å². The van der Waals surface area contributed by atoms with E-state index in [9.17, 15) is 4.79 Å². The average molecular weight is 384 g/mol. The predicted molar refractivity (Wildman–Crippen MR) is 114 cm³/mol. The Morgan fingerprint density at radius 2 is 1.72 bits per heavy atom. The fourth-order valence-electron chi connectivity index (χ4n) is 2.66. The predicted octanol–water partition coefficient (Wildman–Crippen LogP) is 2.22. The van der Waals surface area contributed by atoms with Crippen molar-refractivity contribution in [2.24, 2.45) is 0 Å². The minimum atomic E-state index is 0.0795. The maximum absolute atomic E-state index is 11.8. The number of amides is 1. The lowest BCUT2D eigenvalue weighted by Gasteiger charge is -2.22. The first-order chi connectivity index (χ1) is 12.2. The summed E-state index contributed by atoms with van der Waals surface area (Å²) in [6.07, 6.45) is 3.34. The number of carbonyl (C=O) groups excluding carboxylic acids is 1. The summed E-state index contributed by atoms with van der Waals surface area (Å²) in [5, 5.41) is 2.87. The van der Waals surface area contributed by atoms with E-state index in [-0.39, 0.29) is 5.91 Å². The largest absolute Gasteiger partial charge is 0.354 e. The molecule has 0 atom stereocenters. The van der Waals surface area contributed by atoms with Gasteiger partial charge < -0.3 is 10.2 Å². The molecule has 0 aliphatic heterocycles.